The van der Waals surface area contributed by atoms with Crippen LogP contribution in [-0.4, -0.2) is 6.61 Å². The monoisotopic (exact) mass is 163 g/mol. The van der Waals surface area contributed by atoms with Crippen LogP contribution in [0.2, 0.25) is 0 Å². The summed E-state index contributed by atoms with van der Waals surface area (Å²) in [5.41, 5.74) is 1.31. The fourth-order valence-corrected chi connectivity index (χ4v) is 1.08. The van der Waals surface area contributed by atoms with Gasteiger partial charge in [-0.25, -0.2) is 0 Å². The molecule has 0 unspecified atom stereocenters. The Bertz CT molecular complexity index is 241. The van der Waals surface area contributed by atoms with Crippen molar-refractivity contribution in [1.29, 1.82) is 0 Å². The van der Waals surface area contributed by atoms with Crippen molar-refractivity contribution in [2.24, 2.45) is 0 Å². The van der Waals surface area contributed by atoms with E-state index in [0.717, 1.165) is 5.75 Å². The first-order valence-electron chi connectivity index (χ1n) is 4.26. The quantitative estimate of drug-likeness (QED) is 0.665. The summed E-state index contributed by atoms with van der Waals surface area (Å²) >= 11 is 0. The van der Waals surface area contributed by atoms with E-state index in [0.29, 0.717) is 12.5 Å². The van der Waals surface area contributed by atoms with Crippen LogP contribution < -0.4 is 4.74 Å². The van der Waals surface area contributed by atoms with E-state index in [-0.39, 0.29) is 0 Å². The molecule has 0 N–H and O–H groups in total. The molecular formula is C11H15O. The molecule has 0 saturated carbocycles. The Kier molecular flexibility index (Phi) is 3.15. The third-order valence-electron chi connectivity index (χ3n) is 1.79. The normalized spacial score (nSPS) is 10.3. The minimum Gasteiger partial charge on any atom is -0.494 e. The van der Waals surface area contributed by atoms with Crippen molar-refractivity contribution in [3.05, 3.63) is 36.8 Å². The van der Waals surface area contributed by atoms with E-state index in [9.17, 15) is 0 Å². The van der Waals surface area contributed by atoms with Gasteiger partial charge in [0, 0.05) is 0 Å². The standard InChI is InChI=1S/C11H15O/c1-4-12-11-7-5-6-10(8-11)9(2)3/h5-9H,1,4H2,2-3H3. The van der Waals surface area contributed by atoms with Gasteiger partial charge in [-0.2, -0.15) is 0 Å². The minimum absolute atomic E-state index is 0.488. The topological polar surface area (TPSA) is 9.23 Å². The van der Waals surface area contributed by atoms with Crippen LogP contribution in [0.1, 0.15) is 25.3 Å². The van der Waals surface area contributed by atoms with Crippen LogP contribution in [0, 0.1) is 6.92 Å². The Morgan fingerprint density at radius 3 is 2.75 bits per heavy atom. The molecule has 0 aliphatic rings. The zero-order chi connectivity index (χ0) is 8.97. The maximum atomic E-state index is 5.29. The summed E-state index contributed by atoms with van der Waals surface area (Å²) in [4.78, 5) is 0. The molecule has 0 heterocycles. The molecule has 1 nitrogen and oxygen atoms in total. The van der Waals surface area contributed by atoms with Gasteiger partial charge in [0.1, 0.15) is 5.75 Å². The van der Waals surface area contributed by atoms with Crippen molar-refractivity contribution in [3.63, 3.8) is 0 Å². The number of ether oxygens (including phenoxy) is 1. The van der Waals surface area contributed by atoms with Crippen molar-refractivity contribution in [2.45, 2.75) is 19.8 Å². The zero-order valence-electron chi connectivity index (χ0n) is 7.71. The number of hydrogen-bond acceptors (Lipinski definition) is 1. The maximum absolute atomic E-state index is 5.29. The molecule has 0 aromatic heterocycles. The smallest absolute Gasteiger partial charge is 0.119 e. The van der Waals surface area contributed by atoms with Gasteiger partial charge in [-0.3, -0.25) is 0 Å². The second-order valence-electron chi connectivity index (χ2n) is 3.08. The van der Waals surface area contributed by atoms with Gasteiger partial charge in [-0.15, -0.1) is 0 Å². The molecule has 65 valence electrons. The first kappa shape index (κ1) is 9.11. The lowest BCUT2D eigenvalue weighted by molar-refractivity contribution is 0.360. The van der Waals surface area contributed by atoms with Gasteiger partial charge in [0.05, 0.1) is 6.61 Å². The van der Waals surface area contributed by atoms with Crippen LogP contribution in [0.4, 0.5) is 0 Å². The second-order valence-corrected chi connectivity index (χ2v) is 3.08. The second kappa shape index (κ2) is 4.15. The summed E-state index contributed by atoms with van der Waals surface area (Å²) in [5.74, 6) is 1.47. The highest BCUT2D eigenvalue weighted by molar-refractivity contribution is 5.30. The average Bonchev–Trinajstić information content (AvgIpc) is 2.05. The zero-order valence-corrected chi connectivity index (χ0v) is 7.71. The molecular weight excluding hydrogens is 148 g/mol. The average molecular weight is 163 g/mol. The van der Waals surface area contributed by atoms with E-state index >= 15 is 0 Å². The van der Waals surface area contributed by atoms with Crippen molar-refractivity contribution >= 4 is 0 Å². The Hall–Kier alpha value is -0.980. The van der Waals surface area contributed by atoms with Gasteiger partial charge < -0.3 is 4.74 Å². The van der Waals surface area contributed by atoms with E-state index in [1.165, 1.54) is 5.56 Å². The maximum Gasteiger partial charge on any atom is 0.119 e. The van der Waals surface area contributed by atoms with E-state index in [2.05, 4.69) is 32.9 Å². The van der Waals surface area contributed by atoms with E-state index in [4.69, 9.17) is 4.74 Å². The Morgan fingerprint density at radius 2 is 2.17 bits per heavy atom. The third-order valence-corrected chi connectivity index (χ3v) is 1.79. The van der Waals surface area contributed by atoms with E-state index < -0.39 is 0 Å². The molecule has 12 heavy (non-hydrogen) atoms. The van der Waals surface area contributed by atoms with E-state index in [1.807, 2.05) is 12.1 Å². The van der Waals surface area contributed by atoms with Crippen molar-refractivity contribution < 1.29 is 4.74 Å². The molecule has 0 amide bonds. The number of benzene rings is 1. The number of hydrogen-bond donors (Lipinski definition) is 0. The lowest BCUT2D eigenvalue weighted by Gasteiger charge is -2.07. The molecule has 1 radical (unpaired) electrons. The summed E-state index contributed by atoms with van der Waals surface area (Å²) in [5, 5.41) is 0. The van der Waals surface area contributed by atoms with Gasteiger partial charge >= 0.3 is 0 Å². The lowest BCUT2D eigenvalue weighted by atomic mass is 10.0. The predicted octanol–water partition coefficient (Wildman–Crippen LogP) is 3.02. The lowest BCUT2D eigenvalue weighted by Crippen LogP contribution is -1.93. The Balaban J connectivity index is 2.81. The van der Waals surface area contributed by atoms with Crippen LogP contribution >= 0.6 is 0 Å². The molecule has 1 aromatic rings. The largest absolute Gasteiger partial charge is 0.494 e. The molecule has 1 rings (SSSR count). The third kappa shape index (κ3) is 2.26. The molecule has 0 atom stereocenters. The molecule has 0 aliphatic heterocycles. The van der Waals surface area contributed by atoms with Gasteiger partial charge in [0.2, 0.25) is 0 Å². The van der Waals surface area contributed by atoms with Gasteiger partial charge in [0.15, 0.2) is 0 Å². The highest BCUT2D eigenvalue weighted by Gasteiger charge is 1.99. The van der Waals surface area contributed by atoms with Crippen LogP contribution in [-0.2, 0) is 0 Å². The molecule has 0 spiro atoms. The van der Waals surface area contributed by atoms with Gasteiger partial charge in [-0.05, 0) is 30.5 Å². The van der Waals surface area contributed by atoms with Crippen molar-refractivity contribution in [2.75, 3.05) is 6.61 Å². The summed E-state index contributed by atoms with van der Waals surface area (Å²) < 4.78 is 5.29. The highest BCUT2D eigenvalue weighted by Crippen LogP contribution is 2.19. The first-order valence-corrected chi connectivity index (χ1v) is 4.26. The highest BCUT2D eigenvalue weighted by atomic mass is 16.5. The summed E-state index contributed by atoms with van der Waals surface area (Å²) in [6, 6.07) is 8.15. The SMILES string of the molecule is [CH2]COc1cccc(C(C)C)c1. The first-order chi connectivity index (χ1) is 5.74. The number of rotatable bonds is 3. The predicted molar refractivity (Wildman–Crippen MR) is 51.4 cm³/mol. The van der Waals surface area contributed by atoms with Crippen LogP contribution in [0.25, 0.3) is 0 Å². The van der Waals surface area contributed by atoms with Crippen LogP contribution in [0.5, 0.6) is 5.75 Å². The summed E-state index contributed by atoms with van der Waals surface area (Å²) in [6.07, 6.45) is 0. The van der Waals surface area contributed by atoms with Crippen molar-refractivity contribution in [1.82, 2.24) is 0 Å². The molecule has 1 heteroatoms. The molecule has 1 aromatic carbocycles. The summed E-state index contributed by atoms with van der Waals surface area (Å²) in [6.45, 7) is 8.46. The van der Waals surface area contributed by atoms with Crippen LogP contribution in [0.3, 0.4) is 0 Å². The van der Waals surface area contributed by atoms with Crippen LogP contribution in [0.15, 0.2) is 24.3 Å². The molecule has 0 saturated heterocycles. The molecule has 0 fully saturated rings. The summed E-state index contributed by atoms with van der Waals surface area (Å²) in [7, 11) is 0. The minimum atomic E-state index is 0.488. The molecule has 0 bridgehead atoms. The van der Waals surface area contributed by atoms with Gasteiger partial charge in [0.25, 0.3) is 0 Å². The van der Waals surface area contributed by atoms with Gasteiger partial charge in [-0.1, -0.05) is 26.0 Å². The fraction of sp³-hybridized carbons (Fsp3) is 0.364. The molecule has 0 aliphatic carbocycles. The van der Waals surface area contributed by atoms with E-state index in [1.54, 1.807) is 0 Å². The fourth-order valence-electron chi connectivity index (χ4n) is 1.08. The Morgan fingerprint density at radius 1 is 1.42 bits per heavy atom. The van der Waals surface area contributed by atoms with Crippen molar-refractivity contribution in [3.8, 4) is 5.75 Å². The Labute approximate surface area is 74.4 Å².